The van der Waals surface area contributed by atoms with Crippen molar-refractivity contribution in [1.29, 1.82) is 0 Å². The van der Waals surface area contributed by atoms with Crippen LogP contribution in [0.1, 0.15) is 103 Å². The summed E-state index contributed by atoms with van der Waals surface area (Å²) in [5.41, 5.74) is 0. The van der Waals surface area contributed by atoms with Gasteiger partial charge in [-0.25, -0.2) is 0 Å². The highest BCUT2D eigenvalue weighted by Crippen LogP contribution is 2.13. The fourth-order valence-electron chi connectivity index (χ4n) is 2.58. The summed E-state index contributed by atoms with van der Waals surface area (Å²) < 4.78 is 0. The van der Waals surface area contributed by atoms with Gasteiger partial charge in [-0.15, -0.1) is 0 Å². The summed E-state index contributed by atoms with van der Waals surface area (Å²) in [4.78, 5) is 0. The van der Waals surface area contributed by atoms with Gasteiger partial charge in [-0.1, -0.05) is 96.3 Å². The van der Waals surface area contributed by atoms with E-state index in [2.05, 4.69) is 30.6 Å². The highest BCUT2D eigenvalue weighted by molar-refractivity contribution is 5.32. The molecule has 0 saturated carbocycles. The average Bonchev–Trinajstić information content (AvgIpc) is 2.54. The van der Waals surface area contributed by atoms with E-state index in [0.29, 0.717) is 0 Å². The van der Waals surface area contributed by atoms with E-state index in [9.17, 15) is 0 Å². The lowest BCUT2D eigenvalue weighted by atomic mass is 10.0. The SMILES string of the molecule is [C]#CC#CC#CCCCCCCCCCCCCCCCC. The molecule has 0 N–H and O–H groups in total. The van der Waals surface area contributed by atoms with Gasteiger partial charge in [0.15, 0.2) is 0 Å². The van der Waals surface area contributed by atoms with Gasteiger partial charge in [0.1, 0.15) is 0 Å². The summed E-state index contributed by atoms with van der Waals surface area (Å²) in [7, 11) is 0. The molecule has 0 unspecified atom stereocenters. The molecule has 0 rings (SSSR count). The lowest BCUT2D eigenvalue weighted by Crippen LogP contribution is -1.83. The minimum absolute atomic E-state index is 0.935. The molecule has 121 valence electrons. The van der Waals surface area contributed by atoms with Crippen LogP contribution in [0.4, 0.5) is 0 Å². The van der Waals surface area contributed by atoms with Gasteiger partial charge in [-0.05, 0) is 36.5 Å². The van der Waals surface area contributed by atoms with Gasteiger partial charge in [0, 0.05) is 6.42 Å². The summed E-state index contributed by atoms with van der Waals surface area (Å²) in [5, 5.41) is 0. The Kier molecular flexibility index (Phi) is 18.5. The van der Waals surface area contributed by atoms with Crippen molar-refractivity contribution in [2.24, 2.45) is 0 Å². The first-order valence-electron chi connectivity index (χ1n) is 9.31. The lowest BCUT2D eigenvalue weighted by molar-refractivity contribution is 0.536. The predicted octanol–water partition coefficient (Wildman–Crippen LogP) is 6.45. The Bertz CT molecular complexity index is 374. The molecule has 0 fully saturated rings. The van der Waals surface area contributed by atoms with Gasteiger partial charge in [0.05, 0.1) is 0 Å². The van der Waals surface area contributed by atoms with Gasteiger partial charge >= 0.3 is 0 Å². The van der Waals surface area contributed by atoms with Crippen LogP contribution in [0.3, 0.4) is 0 Å². The van der Waals surface area contributed by atoms with Crippen molar-refractivity contribution >= 4 is 0 Å². The van der Waals surface area contributed by atoms with Crippen LogP contribution in [0.5, 0.6) is 0 Å². The van der Waals surface area contributed by atoms with Gasteiger partial charge in [-0.2, -0.15) is 0 Å². The molecule has 1 radical (unpaired) electrons. The molecule has 0 aliphatic rings. The van der Waals surface area contributed by atoms with Gasteiger partial charge in [0.25, 0.3) is 0 Å². The van der Waals surface area contributed by atoms with Gasteiger partial charge < -0.3 is 0 Å². The van der Waals surface area contributed by atoms with Crippen LogP contribution in [0, 0.1) is 36.0 Å². The third-order valence-electron chi connectivity index (χ3n) is 3.93. The fourth-order valence-corrected chi connectivity index (χ4v) is 2.58. The maximum Gasteiger partial charge on any atom is 0.00989 e. The summed E-state index contributed by atoms with van der Waals surface area (Å²) >= 11 is 0. The quantitative estimate of drug-likeness (QED) is 0.255. The van der Waals surface area contributed by atoms with Crippen molar-refractivity contribution in [2.45, 2.75) is 103 Å². The Labute approximate surface area is 139 Å². The van der Waals surface area contributed by atoms with E-state index in [1.165, 1.54) is 89.9 Å². The van der Waals surface area contributed by atoms with Crippen LogP contribution in [-0.4, -0.2) is 0 Å². The Morgan fingerprint density at radius 1 is 0.545 bits per heavy atom. The van der Waals surface area contributed by atoms with Crippen molar-refractivity contribution in [3.63, 3.8) is 0 Å². The Morgan fingerprint density at radius 3 is 1.45 bits per heavy atom. The number of rotatable bonds is 14. The molecule has 0 spiro atoms. The molecule has 0 bridgehead atoms. The summed E-state index contributed by atoms with van der Waals surface area (Å²) in [5.74, 6) is 12.7. The van der Waals surface area contributed by atoms with Crippen molar-refractivity contribution in [3.8, 4) is 29.6 Å². The summed E-state index contributed by atoms with van der Waals surface area (Å²) in [6.07, 6.45) is 27.0. The average molecular weight is 298 g/mol. The van der Waals surface area contributed by atoms with Crippen LogP contribution >= 0.6 is 0 Å². The molecular weight excluding hydrogens is 264 g/mol. The number of unbranched alkanes of at least 4 members (excludes halogenated alkanes) is 14. The highest BCUT2D eigenvalue weighted by Gasteiger charge is 1.93. The lowest BCUT2D eigenvalue weighted by Gasteiger charge is -2.02. The minimum atomic E-state index is 0.935. The third-order valence-corrected chi connectivity index (χ3v) is 3.93. The second kappa shape index (κ2) is 19.7. The molecule has 0 atom stereocenters. The third kappa shape index (κ3) is 18.7. The molecule has 0 saturated heterocycles. The molecule has 0 heterocycles. The molecule has 0 heteroatoms. The van der Waals surface area contributed by atoms with Crippen molar-refractivity contribution in [2.75, 3.05) is 0 Å². The van der Waals surface area contributed by atoms with Crippen LogP contribution in [0.15, 0.2) is 0 Å². The molecule has 0 aromatic heterocycles. The molecular formula is C22H33. The topological polar surface area (TPSA) is 0 Å². The van der Waals surface area contributed by atoms with Gasteiger partial charge in [0.2, 0.25) is 0 Å². The molecule has 0 aromatic carbocycles. The first-order valence-corrected chi connectivity index (χ1v) is 9.31. The molecule has 0 aliphatic heterocycles. The van der Waals surface area contributed by atoms with Crippen LogP contribution in [-0.2, 0) is 0 Å². The largest absolute Gasteiger partial charge is 0.0891 e. The first kappa shape index (κ1) is 20.7. The van der Waals surface area contributed by atoms with Crippen LogP contribution in [0.2, 0.25) is 0 Å². The van der Waals surface area contributed by atoms with E-state index in [0.717, 1.165) is 6.42 Å². The Balaban J connectivity index is 3.08. The Hall–Kier alpha value is -1.32. The minimum Gasteiger partial charge on any atom is -0.0891 e. The Morgan fingerprint density at radius 2 is 1.00 bits per heavy atom. The second-order valence-corrected chi connectivity index (χ2v) is 6.02. The smallest absolute Gasteiger partial charge is 0.00989 e. The van der Waals surface area contributed by atoms with Crippen molar-refractivity contribution < 1.29 is 0 Å². The van der Waals surface area contributed by atoms with E-state index in [4.69, 9.17) is 6.42 Å². The zero-order valence-electron chi connectivity index (χ0n) is 14.6. The maximum atomic E-state index is 6.61. The monoisotopic (exact) mass is 297 g/mol. The first-order chi connectivity index (χ1) is 10.9. The van der Waals surface area contributed by atoms with Crippen LogP contribution < -0.4 is 0 Å². The second-order valence-electron chi connectivity index (χ2n) is 6.02. The fraction of sp³-hybridized carbons (Fsp3) is 0.727. The van der Waals surface area contributed by atoms with Crippen LogP contribution in [0.25, 0.3) is 0 Å². The van der Waals surface area contributed by atoms with E-state index in [1.807, 2.05) is 5.92 Å². The molecule has 0 amide bonds. The van der Waals surface area contributed by atoms with E-state index in [-0.39, 0.29) is 0 Å². The normalized spacial score (nSPS) is 9.27. The van der Waals surface area contributed by atoms with E-state index < -0.39 is 0 Å². The number of hydrogen-bond acceptors (Lipinski definition) is 0. The predicted molar refractivity (Wildman–Crippen MR) is 97.6 cm³/mol. The van der Waals surface area contributed by atoms with Gasteiger partial charge in [-0.3, -0.25) is 0 Å². The maximum absolute atomic E-state index is 6.61. The molecule has 0 nitrogen and oxygen atoms in total. The summed E-state index contributed by atoms with van der Waals surface area (Å²) in [6.45, 7) is 2.28. The number of hydrogen-bond donors (Lipinski definition) is 0. The van der Waals surface area contributed by atoms with E-state index in [1.54, 1.807) is 0 Å². The highest BCUT2D eigenvalue weighted by atomic mass is 14.0. The molecule has 0 aliphatic carbocycles. The summed E-state index contributed by atoms with van der Waals surface area (Å²) in [6, 6.07) is 0. The zero-order valence-corrected chi connectivity index (χ0v) is 14.6. The zero-order chi connectivity index (χ0) is 16.1. The molecule has 0 aromatic rings. The van der Waals surface area contributed by atoms with Crippen molar-refractivity contribution in [1.82, 2.24) is 0 Å². The van der Waals surface area contributed by atoms with Crippen molar-refractivity contribution in [3.05, 3.63) is 6.42 Å². The van der Waals surface area contributed by atoms with E-state index >= 15 is 0 Å². The molecule has 22 heavy (non-hydrogen) atoms. The standard InChI is InChI=1S/C22H33/c1-3-5-7-9-11-13-15-17-19-21-22-20-18-16-14-12-10-8-6-4-2/h3,5,7,9,11,13-22H2,1H3.